The van der Waals surface area contributed by atoms with Crippen LogP contribution in [0.1, 0.15) is 0 Å². The van der Waals surface area contributed by atoms with Crippen LogP contribution in [-0.4, -0.2) is 7.05 Å². The monoisotopic (exact) mass is 174 g/mol. The summed E-state index contributed by atoms with van der Waals surface area (Å²) < 4.78 is 0. The summed E-state index contributed by atoms with van der Waals surface area (Å²) in [6.07, 6.45) is 0. The summed E-state index contributed by atoms with van der Waals surface area (Å²) in [7, 11) is 1.68. The van der Waals surface area contributed by atoms with E-state index in [-0.39, 0.29) is 0 Å². The maximum Gasteiger partial charge on any atom is 0.0579 e. The van der Waals surface area contributed by atoms with Gasteiger partial charge in [0, 0.05) is 5.02 Å². The lowest BCUT2D eigenvalue weighted by Crippen LogP contribution is -1.70. The van der Waals surface area contributed by atoms with Gasteiger partial charge in [-0.15, -0.1) is 12.7 Å². The molecule has 10 heavy (non-hydrogen) atoms. The van der Waals surface area contributed by atoms with Gasteiger partial charge in [0.05, 0.1) is 5.02 Å². The molecule has 1 rings (SSSR count). The van der Waals surface area contributed by atoms with Gasteiger partial charge < -0.3 is 5.32 Å². The highest BCUT2D eigenvalue weighted by atomic mass is 35.5. The Bertz CT molecular complexity index is 235. The highest BCUT2D eigenvalue weighted by molar-refractivity contribution is 6.43. The predicted molar refractivity (Wildman–Crippen MR) is 45.4 cm³/mol. The average molecular weight is 175 g/mol. The summed E-state index contributed by atoms with van der Waals surface area (Å²) in [5.41, 5.74) is 0.731. The number of halogens is 2. The van der Waals surface area contributed by atoms with E-state index in [1.165, 1.54) is 0 Å². The van der Waals surface area contributed by atoms with E-state index in [0.29, 0.717) is 10.0 Å². The predicted octanol–water partition coefficient (Wildman–Crippen LogP) is 3.63. The van der Waals surface area contributed by atoms with Crippen molar-refractivity contribution in [2.75, 3.05) is 7.05 Å². The Labute approximate surface area is 70.0 Å². The van der Waals surface area contributed by atoms with Crippen LogP contribution in [0.5, 0.6) is 0 Å². The fraction of sp³-hybridized carbons (Fsp3) is 0.143. The van der Waals surface area contributed by atoms with Gasteiger partial charge in [-0.2, -0.15) is 0 Å². The summed E-state index contributed by atoms with van der Waals surface area (Å²) in [5, 5.41) is 4.98. The first-order valence-corrected chi connectivity index (χ1v) is 3.55. The van der Waals surface area contributed by atoms with Crippen molar-refractivity contribution in [3.05, 3.63) is 33.6 Å². The molecule has 0 aliphatic carbocycles. The molecule has 0 amide bonds. The molecule has 0 saturated heterocycles. The molecule has 1 nitrogen and oxygen atoms in total. The van der Waals surface area contributed by atoms with E-state index in [1.807, 2.05) is 12.1 Å². The molecule has 3 heteroatoms. The summed E-state index contributed by atoms with van der Waals surface area (Å²) in [5.74, 6) is 0. The Balaban J connectivity index is 3.14. The third-order valence-corrected chi connectivity index (χ3v) is 1.98. The standard InChI is InChI=1S/C7H6Cl2N/c1-10-6-4-2-3-5(8)7(6)9/h2-4H,1H3/q-1. The summed E-state index contributed by atoms with van der Waals surface area (Å²) in [6, 6.07) is 5.36. The van der Waals surface area contributed by atoms with E-state index in [2.05, 4.69) is 5.32 Å². The van der Waals surface area contributed by atoms with E-state index in [4.69, 9.17) is 23.2 Å². The van der Waals surface area contributed by atoms with E-state index in [1.54, 1.807) is 13.1 Å². The first-order valence-electron chi connectivity index (χ1n) is 2.79. The minimum atomic E-state index is 0.520. The third-order valence-electron chi connectivity index (χ3n) is 1.17. The van der Waals surface area contributed by atoms with Gasteiger partial charge >= 0.3 is 0 Å². The fourth-order valence-corrected chi connectivity index (χ4v) is 1.05. The number of hydrogen-bond acceptors (Lipinski definition) is 0. The highest BCUT2D eigenvalue weighted by Gasteiger charge is 1.93. The number of hydrogen-bond donors (Lipinski definition) is 0. The molecule has 0 unspecified atom stereocenters. The van der Waals surface area contributed by atoms with Crippen LogP contribution in [0.2, 0.25) is 10.0 Å². The van der Waals surface area contributed by atoms with Crippen molar-refractivity contribution in [3.63, 3.8) is 0 Å². The van der Waals surface area contributed by atoms with Gasteiger partial charge in [-0.05, 0) is 6.07 Å². The van der Waals surface area contributed by atoms with Gasteiger partial charge in [-0.3, -0.25) is 0 Å². The molecule has 1 aromatic carbocycles. The topological polar surface area (TPSA) is 14.1 Å². The third kappa shape index (κ3) is 1.36. The Morgan fingerprint density at radius 1 is 1.30 bits per heavy atom. The Morgan fingerprint density at radius 3 is 2.50 bits per heavy atom. The molecule has 0 atom stereocenters. The van der Waals surface area contributed by atoms with Gasteiger partial charge in [-0.25, -0.2) is 0 Å². The van der Waals surface area contributed by atoms with Crippen LogP contribution in [0.15, 0.2) is 18.2 Å². The van der Waals surface area contributed by atoms with Crippen LogP contribution < -0.4 is 0 Å². The van der Waals surface area contributed by atoms with Crippen LogP contribution in [0, 0.1) is 0 Å². The lowest BCUT2D eigenvalue weighted by atomic mass is 10.3. The lowest BCUT2D eigenvalue weighted by molar-refractivity contribution is 1.62. The molecule has 0 aliphatic rings. The molecule has 0 N–H and O–H groups in total. The smallest absolute Gasteiger partial charge is 0.0579 e. The van der Waals surface area contributed by atoms with Crippen molar-refractivity contribution in [2.45, 2.75) is 0 Å². The molecule has 54 valence electrons. The van der Waals surface area contributed by atoms with Crippen LogP contribution in [0.25, 0.3) is 5.32 Å². The van der Waals surface area contributed by atoms with Crippen molar-refractivity contribution >= 4 is 28.9 Å². The second kappa shape index (κ2) is 3.13. The maximum atomic E-state index is 5.77. The van der Waals surface area contributed by atoms with Gasteiger partial charge in [0.1, 0.15) is 0 Å². The lowest BCUT2D eigenvalue weighted by Gasteiger charge is -2.15. The maximum absolute atomic E-state index is 5.77. The minimum absolute atomic E-state index is 0.520. The van der Waals surface area contributed by atoms with Crippen molar-refractivity contribution in [1.82, 2.24) is 0 Å². The van der Waals surface area contributed by atoms with Crippen molar-refractivity contribution in [1.29, 1.82) is 0 Å². The summed E-state index contributed by atoms with van der Waals surface area (Å²) in [6.45, 7) is 0. The summed E-state index contributed by atoms with van der Waals surface area (Å²) >= 11 is 11.5. The summed E-state index contributed by atoms with van der Waals surface area (Å²) in [4.78, 5) is 0. The van der Waals surface area contributed by atoms with E-state index < -0.39 is 0 Å². The van der Waals surface area contributed by atoms with E-state index in [9.17, 15) is 0 Å². The van der Waals surface area contributed by atoms with Gasteiger partial charge in [0.2, 0.25) is 0 Å². The molecule has 0 aromatic heterocycles. The largest absolute Gasteiger partial charge is 0.686 e. The van der Waals surface area contributed by atoms with Crippen LogP contribution >= 0.6 is 23.2 Å². The highest BCUT2D eigenvalue weighted by Crippen LogP contribution is 2.33. The second-order valence-corrected chi connectivity index (χ2v) is 2.58. The van der Waals surface area contributed by atoms with E-state index >= 15 is 0 Å². The normalized spacial score (nSPS) is 9.50. The Kier molecular flexibility index (Phi) is 2.41. The molecule has 0 radical (unpaired) electrons. The molecule has 0 aliphatic heterocycles. The first kappa shape index (κ1) is 7.70. The first-order chi connectivity index (χ1) is 4.75. The zero-order valence-electron chi connectivity index (χ0n) is 5.44. The molecule has 0 saturated carbocycles. The molecule has 0 heterocycles. The van der Waals surface area contributed by atoms with Gasteiger partial charge in [-0.1, -0.05) is 35.3 Å². The van der Waals surface area contributed by atoms with E-state index in [0.717, 1.165) is 5.69 Å². The van der Waals surface area contributed by atoms with Crippen LogP contribution in [-0.2, 0) is 0 Å². The number of rotatable bonds is 1. The molecular formula is C7H6Cl2N-. The zero-order chi connectivity index (χ0) is 7.56. The average Bonchev–Trinajstić information content (AvgIpc) is 1.95. The molecule has 0 bridgehead atoms. The minimum Gasteiger partial charge on any atom is -0.686 e. The van der Waals surface area contributed by atoms with Gasteiger partial charge in [0.25, 0.3) is 0 Å². The molecule has 0 fully saturated rings. The molecule has 0 spiro atoms. The van der Waals surface area contributed by atoms with Crippen LogP contribution in [0.4, 0.5) is 5.69 Å². The van der Waals surface area contributed by atoms with Crippen molar-refractivity contribution < 1.29 is 0 Å². The number of benzene rings is 1. The molecular weight excluding hydrogens is 169 g/mol. The second-order valence-electron chi connectivity index (χ2n) is 1.80. The SMILES string of the molecule is C[N-]c1cccc(Cl)c1Cl. The fourth-order valence-electron chi connectivity index (χ4n) is 0.665. The number of nitrogens with zero attached hydrogens (tertiary/aromatic N) is 1. The van der Waals surface area contributed by atoms with Crippen LogP contribution in [0.3, 0.4) is 0 Å². The Hall–Kier alpha value is -0.400. The van der Waals surface area contributed by atoms with Crippen molar-refractivity contribution in [2.24, 2.45) is 0 Å². The molecule has 1 aromatic rings. The Morgan fingerprint density at radius 2 is 2.00 bits per heavy atom. The van der Waals surface area contributed by atoms with Crippen molar-refractivity contribution in [3.8, 4) is 0 Å². The zero-order valence-corrected chi connectivity index (χ0v) is 6.95. The quantitative estimate of drug-likeness (QED) is 0.618. The van der Waals surface area contributed by atoms with Gasteiger partial charge in [0.15, 0.2) is 0 Å².